The second-order valence-corrected chi connectivity index (χ2v) is 6.27. The van der Waals surface area contributed by atoms with Gasteiger partial charge in [0.15, 0.2) is 5.11 Å². The first kappa shape index (κ1) is 14.7. The molecule has 1 aromatic heterocycles. The summed E-state index contributed by atoms with van der Waals surface area (Å²) in [5.41, 5.74) is 4.74. The average molecular weight is 325 g/mol. The van der Waals surface area contributed by atoms with Gasteiger partial charge in [0, 0.05) is 10.4 Å². The van der Waals surface area contributed by atoms with Crippen LogP contribution in [0.1, 0.15) is 11.8 Å². The second kappa shape index (κ2) is 6.68. The van der Waals surface area contributed by atoms with Crippen molar-refractivity contribution in [2.75, 3.05) is 5.32 Å². The molecule has 110 valence electrons. The summed E-state index contributed by atoms with van der Waals surface area (Å²) >= 11 is 6.97. The minimum atomic E-state index is 0.478. The Morgan fingerprint density at radius 3 is 2.55 bits per heavy atom. The van der Waals surface area contributed by atoms with Gasteiger partial charge in [0.05, 0.1) is 10.6 Å². The van der Waals surface area contributed by atoms with Gasteiger partial charge in [-0.15, -0.1) is 11.3 Å². The standard InChI is InChI=1S/C17H15N3S2/c1-12(16-11-13-7-5-6-10-15(13)22-16)19-20-17(21)18-14-8-3-2-4-9-14/h2-11H,1H3,(H2,18,20,21). The number of thiocarbonyl (C=S) groups is 1. The first-order valence-corrected chi connectivity index (χ1v) is 8.10. The molecule has 0 fully saturated rings. The summed E-state index contributed by atoms with van der Waals surface area (Å²) in [5, 5.41) is 9.17. The number of anilines is 1. The third kappa shape index (κ3) is 3.50. The number of nitrogens with one attached hydrogen (secondary N) is 2. The highest BCUT2D eigenvalue weighted by atomic mass is 32.1. The van der Waals surface area contributed by atoms with Crippen molar-refractivity contribution in [3.05, 3.63) is 65.5 Å². The summed E-state index contributed by atoms with van der Waals surface area (Å²) in [6.45, 7) is 1.98. The molecule has 5 heteroatoms. The van der Waals surface area contributed by atoms with Crippen LogP contribution >= 0.6 is 23.6 Å². The van der Waals surface area contributed by atoms with Crippen molar-refractivity contribution in [1.82, 2.24) is 5.43 Å². The van der Waals surface area contributed by atoms with Crippen molar-refractivity contribution < 1.29 is 0 Å². The van der Waals surface area contributed by atoms with E-state index >= 15 is 0 Å². The molecular formula is C17H15N3S2. The molecule has 2 N–H and O–H groups in total. The van der Waals surface area contributed by atoms with E-state index in [0.29, 0.717) is 5.11 Å². The minimum absolute atomic E-state index is 0.478. The summed E-state index contributed by atoms with van der Waals surface area (Å²) < 4.78 is 1.26. The van der Waals surface area contributed by atoms with Gasteiger partial charge in [0.2, 0.25) is 0 Å². The van der Waals surface area contributed by atoms with E-state index in [1.54, 1.807) is 11.3 Å². The monoisotopic (exact) mass is 325 g/mol. The molecule has 3 aromatic rings. The third-order valence-corrected chi connectivity index (χ3v) is 4.56. The van der Waals surface area contributed by atoms with E-state index in [-0.39, 0.29) is 0 Å². The smallest absolute Gasteiger partial charge is 0.191 e. The van der Waals surface area contributed by atoms with Crippen molar-refractivity contribution in [2.45, 2.75) is 6.92 Å². The molecule has 0 amide bonds. The van der Waals surface area contributed by atoms with Crippen molar-refractivity contribution in [1.29, 1.82) is 0 Å². The quantitative estimate of drug-likeness (QED) is 0.419. The van der Waals surface area contributed by atoms with Gasteiger partial charge in [-0.05, 0) is 48.8 Å². The van der Waals surface area contributed by atoms with Gasteiger partial charge in [-0.1, -0.05) is 36.4 Å². The van der Waals surface area contributed by atoms with Crippen LogP contribution in [0.25, 0.3) is 10.1 Å². The molecule has 3 rings (SSSR count). The van der Waals surface area contributed by atoms with Crippen molar-refractivity contribution in [3.63, 3.8) is 0 Å². The van der Waals surface area contributed by atoms with Crippen molar-refractivity contribution in [2.24, 2.45) is 5.10 Å². The number of hydrogen-bond acceptors (Lipinski definition) is 3. The first-order chi connectivity index (χ1) is 10.7. The zero-order valence-electron chi connectivity index (χ0n) is 12.0. The summed E-state index contributed by atoms with van der Waals surface area (Å²) in [5.74, 6) is 0. The van der Waals surface area contributed by atoms with Gasteiger partial charge in [-0.2, -0.15) is 5.10 Å². The lowest BCUT2D eigenvalue weighted by Gasteiger charge is -2.07. The van der Waals surface area contributed by atoms with Crippen LogP contribution in [-0.2, 0) is 0 Å². The Kier molecular flexibility index (Phi) is 4.46. The van der Waals surface area contributed by atoms with Gasteiger partial charge < -0.3 is 5.32 Å². The van der Waals surface area contributed by atoms with Crippen LogP contribution in [0.15, 0.2) is 65.8 Å². The molecule has 0 unspecified atom stereocenters. The molecule has 0 atom stereocenters. The molecule has 0 aliphatic heterocycles. The van der Waals surface area contributed by atoms with Crippen LogP contribution in [0.2, 0.25) is 0 Å². The SMILES string of the molecule is CC(=NNC(=S)Nc1ccccc1)c1cc2ccccc2s1. The van der Waals surface area contributed by atoms with Gasteiger partial charge in [0.1, 0.15) is 0 Å². The number of benzene rings is 2. The number of nitrogens with zero attached hydrogens (tertiary/aromatic N) is 1. The molecular weight excluding hydrogens is 310 g/mol. The Bertz CT molecular complexity index is 789. The molecule has 3 nitrogen and oxygen atoms in total. The lowest BCUT2D eigenvalue weighted by atomic mass is 10.2. The number of hydrazone groups is 1. The summed E-state index contributed by atoms with van der Waals surface area (Å²) in [6, 6.07) is 20.2. The predicted molar refractivity (Wildman–Crippen MR) is 99.8 cm³/mol. The zero-order valence-corrected chi connectivity index (χ0v) is 13.7. The van der Waals surface area contributed by atoms with E-state index in [2.05, 4.69) is 34.0 Å². The molecule has 0 aliphatic rings. The summed E-state index contributed by atoms with van der Waals surface area (Å²) in [7, 11) is 0. The molecule has 2 aromatic carbocycles. The fraction of sp³-hybridized carbons (Fsp3) is 0.0588. The maximum atomic E-state index is 5.24. The Balaban J connectivity index is 1.68. The molecule has 0 radical (unpaired) electrons. The van der Waals surface area contributed by atoms with Gasteiger partial charge in [-0.25, -0.2) is 0 Å². The summed E-state index contributed by atoms with van der Waals surface area (Å²) in [4.78, 5) is 1.14. The second-order valence-electron chi connectivity index (χ2n) is 4.78. The zero-order chi connectivity index (χ0) is 15.4. The third-order valence-electron chi connectivity index (χ3n) is 3.14. The molecule has 0 aliphatic carbocycles. The predicted octanol–water partition coefficient (Wildman–Crippen LogP) is 4.61. The average Bonchev–Trinajstić information content (AvgIpc) is 2.98. The van der Waals surface area contributed by atoms with E-state index in [9.17, 15) is 0 Å². The Morgan fingerprint density at radius 1 is 1.05 bits per heavy atom. The van der Waals surface area contributed by atoms with E-state index in [0.717, 1.165) is 16.3 Å². The Labute approximate surface area is 138 Å². The van der Waals surface area contributed by atoms with Crippen LogP contribution in [0, 0.1) is 0 Å². The molecule has 1 heterocycles. The van der Waals surface area contributed by atoms with E-state index < -0.39 is 0 Å². The van der Waals surface area contributed by atoms with Gasteiger partial charge in [0.25, 0.3) is 0 Å². The minimum Gasteiger partial charge on any atom is -0.331 e. The highest BCUT2D eigenvalue weighted by molar-refractivity contribution is 7.80. The number of rotatable bonds is 3. The van der Waals surface area contributed by atoms with Gasteiger partial charge in [-0.3, -0.25) is 5.43 Å². The maximum absolute atomic E-state index is 5.24. The fourth-order valence-electron chi connectivity index (χ4n) is 2.03. The van der Waals surface area contributed by atoms with Crippen LogP contribution < -0.4 is 10.7 Å². The van der Waals surface area contributed by atoms with E-state index in [4.69, 9.17) is 12.2 Å². The number of hydrogen-bond donors (Lipinski definition) is 2. The molecule has 0 bridgehead atoms. The fourth-order valence-corrected chi connectivity index (χ4v) is 3.20. The van der Waals surface area contributed by atoms with E-state index in [1.807, 2.05) is 49.4 Å². The van der Waals surface area contributed by atoms with Crippen LogP contribution in [0.4, 0.5) is 5.69 Å². The topological polar surface area (TPSA) is 36.4 Å². The van der Waals surface area contributed by atoms with Crippen LogP contribution in [0.3, 0.4) is 0 Å². The first-order valence-electron chi connectivity index (χ1n) is 6.87. The number of para-hydroxylation sites is 1. The lowest BCUT2D eigenvalue weighted by molar-refractivity contribution is 1.04. The highest BCUT2D eigenvalue weighted by Crippen LogP contribution is 2.25. The normalized spacial score (nSPS) is 11.4. The summed E-state index contributed by atoms with van der Waals surface area (Å²) in [6.07, 6.45) is 0. The molecule has 22 heavy (non-hydrogen) atoms. The highest BCUT2D eigenvalue weighted by Gasteiger charge is 2.04. The largest absolute Gasteiger partial charge is 0.331 e. The van der Waals surface area contributed by atoms with Crippen molar-refractivity contribution >= 4 is 50.2 Å². The molecule has 0 saturated heterocycles. The van der Waals surface area contributed by atoms with Crippen LogP contribution in [-0.4, -0.2) is 10.8 Å². The molecule has 0 spiro atoms. The molecule has 0 saturated carbocycles. The number of fused-ring (bicyclic) bond motifs is 1. The van der Waals surface area contributed by atoms with E-state index in [1.165, 1.54) is 10.1 Å². The Morgan fingerprint density at radius 2 is 1.77 bits per heavy atom. The lowest BCUT2D eigenvalue weighted by Crippen LogP contribution is -2.24. The van der Waals surface area contributed by atoms with Gasteiger partial charge >= 0.3 is 0 Å². The maximum Gasteiger partial charge on any atom is 0.191 e. The number of thiophene rings is 1. The van der Waals surface area contributed by atoms with Crippen LogP contribution in [0.5, 0.6) is 0 Å². The Hall–Kier alpha value is -2.24. The van der Waals surface area contributed by atoms with Crippen molar-refractivity contribution in [3.8, 4) is 0 Å².